The molecule has 0 unspecified atom stereocenters. The van der Waals surface area contributed by atoms with E-state index in [0.29, 0.717) is 0 Å². The predicted molar refractivity (Wildman–Crippen MR) is 115 cm³/mol. The molecule has 0 nitrogen and oxygen atoms in total. The number of thiophene rings is 1. The lowest BCUT2D eigenvalue weighted by Gasteiger charge is -2.07. The van der Waals surface area contributed by atoms with Gasteiger partial charge >= 0.3 is 0 Å². The zero-order valence-corrected chi connectivity index (χ0v) is 15.5. The van der Waals surface area contributed by atoms with Crippen molar-refractivity contribution in [2.75, 3.05) is 0 Å². The van der Waals surface area contributed by atoms with Gasteiger partial charge in [-0.05, 0) is 40.5 Å². The SMILES string of the molecule is Clc1ccc2c(c1)sc1c(-c3cccc(-c4ccccc4)c3)cccc12. The number of rotatable bonds is 2. The first-order valence-electron chi connectivity index (χ1n) is 8.56. The van der Waals surface area contributed by atoms with Crippen LogP contribution in [0.25, 0.3) is 42.4 Å². The molecule has 0 radical (unpaired) electrons. The van der Waals surface area contributed by atoms with E-state index in [1.54, 1.807) is 0 Å². The number of hydrogen-bond acceptors (Lipinski definition) is 1. The minimum absolute atomic E-state index is 0.789. The van der Waals surface area contributed by atoms with E-state index in [-0.39, 0.29) is 0 Å². The topological polar surface area (TPSA) is 0 Å². The molecule has 0 fully saturated rings. The van der Waals surface area contributed by atoms with Gasteiger partial charge in [-0.25, -0.2) is 0 Å². The van der Waals surface area contributed by atoms with Crippen molar-refractivity contribution >= 4 is 43.1 Å². The van der Waals surface area contributed by atoms with Crippen LogP contribution in [0.2, 0.25) is 5.02 Å². The third-order valence-corrected chi connectivity index (χ3v) is 6.18. The summed E-state index contributed by atoms with van der Waals surface area (Å²) < 4.78 is 2.55. The molecule has 0 aliphatic carbocycles. The first-order chi connectivity index (χ1) is 12.8. The normalized spacial score (nSPS) is 11.3. The van der Waals surface area contributed by atoms with E-state index in [9.17, 15) is 0 Å². The maximum absolute atomic E-state index is 6.20. The van der Waals surface area contributed by atoms with Crippen molar-refractivity contribution in [3.05, 3.63) is 96.0 Å². The second-order valence-corrected chi connectivity index (χ2v) is 7.86. The van der Waals surface area contributed by atoms with Gasteiger partial charge in [-0.1, -0.05) is 84.4 Å². The van der Waals surface area contributed by atoms with Crippen LogP contribution in [0.4, 0.5) is 0 Å². The summed E-state index contributed by atoms with van der Waals surface area (Å²) in [6.45, 7) is 0. The molecule has 0 atom stereocenters. The molecule has 1 heterocycles. The Morgan fingerprint density at radius 3 is 2.23 bits per heavy atom. The highest BCUT2D eigenvalue weighted by Gasteiger charge is 2.11. The molecule has 124 valence electrons. The fourth-order valence-corrected chi connectivity index (χ4v) is 5.01. The molecular formula is C24H15ClS. The number of halogens is 1. The van der Waals surface area contributed by atoms with Gasteiger partial charge < -0.3 is 0 Å². The Bertz CT molecular complexity index is 1240. The molecular weight excluding hydrogens is 356 g/mol. The molecule has 2 heteroatoms. The Labute approximate surface area is 161 Å². The lowest BCUT2D eigenvalue weighted by Crippen LogP contribution is -1.81. The molecule has 1 aromatic heterocycles. The second-order valence-electron chi connectivity index (χ2n) is 6.37. The zero-order chi connectivity index (χ0) is 17.5. The van der Waals surface area contributed by atoms with Crippen molar-refractivity contribution in [2.24, 2.45) is 0 Å². The van der Waals surface area contributed by atoms with Gasteiger partial charge in [0.25, 0.3) is 0 Å². The van der Waals surface area contributed by atoms with E-state index >= 15 is 0 Å². The third-order valence-electron chi connectivity index (χ3n) is 4.74. The number of hydrogen-bond donors (Lipinski definition) is 0. The van der Waals surface area contributed by atoms with Crippen molar-refractivity contribution in [1.29, 1.82) is 0 Å². The molecule has 26 heavy (non-hydrogen) atoms. The van der Waals surface area contributed by atoms with Crippen LogP contribution in [0.1, 0.15) is 0 Å². The van der Waals surface area contributed by atoms with Gasteiger partial charge in [0.05, 0.1) is 0 Å². The van der Waals surface area contributed by atoms with Crippen LogP contribution < -0.4 is 0 Å². The molecule has 0 saturated heterocycles. The summed E-state index contributed by atoms with van der Waals surface area (Å²) in [4.78, 5) is 0. The lowest BCUT2D eigenvalue weighted by atomic mass is 9.98. The summed E-state index contributed by atoms with van der Waals surface area (Å²) in [5, 5.41) is 3.36. The number of benzene rings is 4. The summed E-state index contributed by atoms with van der Waals surface area (Å²) in [5.74, 6) is 0. The maximum atomic E-state index is 6.20. The molecule has 0 amide bonds. The van der Waals surface area contributed by atoms with Gasteiger partial charge in [-0.15, -0.1) is 11.3 Å². The van der Waals surface area contributed by atoms with Crippen LogP contribution in [0.3, 0.4) is 0 Å². The lowest BCUT2D eigenvalue weighted by molar-refractivity contribution is 1.61. The largest absolute Gasteiger partial charge is 0.134 e. The molecule has 0 aliphatic rings. The predicted octanol–water partition coefficient (Wildman–Crippen LogP) is 8.04. The Hall–Kier alpha value is -2.61. The Morgan fingerprint density at radius 2 is 1.35 bits per heavy atom. The molecule has 5 aromatic rings. The highest BCUT2D eigenvalue weighted by molar-refractivity contribution is 7.26. The van der Waals surface area contributed by atoms with Gasteiger partial charge in [0.1, 0.15) is 0 Å². The summed E-state index contributed by atoms with van der Waals surface area (Å²) >= 11 is 8.01. The molecule has 0 bridgehead atoms. The van der Waals surface area contributed by atoms with Gasteiger partial charge in [-0.2, -0.15) is 0 Å². The van der Waals surface area contributed by atoms with Crippen LogP contribution >= 0.6 is 22.9 Å². The van der Waals surface area contributed by atoms with Crippen molar-refractivity contribution in [2.45, 2.75) is 0 Å². The van der Waals surface area contributed by atoms with Crippen LogP contribution in [0.5, 0.6) is 0 Å². The summed E-state index contributed by atoms with van der Waals surface area (Å²) in [7, 11) is 0. The molecule has 4 aromatic carbocycles. The van der Waals surface area contributed by atoms with E-state index in [1.807, 2.05) is 17.4 Å². The summed E-state index contributed by atoms with van der Waals surface area (Å²) in [6, 6.07) is 32.0. The second kappa shape index (κ2) is 6.28. The van der Waals surface area contributed by atoms with Gasteiger partial charge in [0, 0.05) is 25.2 Å². The van der Waals surface area contributed by atoms with E-state index < -0.39 is 0 Å². The Morgan fingerprint density at radius 1 is 0.577 bits per heavy atom. The van der Waals surface area contributed by atoms with E-state index in [1.165, 1.54) is 42.4 Å². The Kier molecular flexibility index (Phi) is 3.77. The maximum Gasteiger partial charge on any atom is 0.0433 e. The third kappa shape index (κ3) is 2.61. The Balaban J connectivity index is 1.73. The average Bonchev–Trinajstić information content (AvgIpc) is 3.06. The van der Waals surface area contributed by atoms with Crippen molar-refractivity contribution < 1.29 is 0 Å². The minimum atomic E-state index is 0.789. The minimum Gasteiger partial charge on any atom is -0.134 e. The van der Waals surface area contributed by atoms with Crippen LogP contribution in [0.15, 0.2) is 91.0 Å². The molecule has 0 saturated carbocycles. The van der Waals surface area contributed by atoms with Crippen molar-refractivity contribution in [3.63, 3.8) is 0 Å². The van der Waals surface area contributed by atoms with Gasteiger partial charge in [0.2, 0.25) is 0 Å². The highest BCUT2D eigenvalue weighted by atomic mass is 35.5. The van der Waals surface area contributed by atoms with Gasteiger partial charge in [-0.3, -0.25) is 0 Å². The summed E-state index contributed by atoms with van der Waals surface area (Å²) in [5.41, 5.74) is 5.00. The molecule has 0 N–H and O–H groups in total. The van der Waals surface area contributed by atoms with Crippen molar-refractivity contribution in [3.8, 4) is 22.3 Å². The fourth-order valence-electron chi connectivity index (χ4n) is 3.50. The van der Waals surface area contributed by atoms with E-state index in [4.69, 9.17) is 11.6 Å². The number of fused-ring (bicyclic) bond motifs is 3. The van der Waals surface area contributed by atoms with Crippen LogP contribution in [-0.2, 0) is 0 Å². The molecule has 0 aliphatic heterocycles. The molecule has 0 spiro atoms. The van der Waals surface area contributed by atoms with Crippen molar-refractivity contribution in [1.82, 2.24) is 0 Å². The monoisotopic (exact) mass is 370 g/mol. The summed E-state index contributed by atoms with van der Waals surface area (Å²) in [6.07, 6.45) is 0. The standard InChI is InChI=1S/C24H15ClS/c25-19-12-13-21-22-11-5-10-20(24(22)26-23(21)15-19)18-9-4-8-17(14-18)16-6-2-1-3-7-16/h1-15H. The molecule has 5 rings (SSSR count). The smallest absolute Gasteiger partial charge is 0.0433 e. The van der Waals surface area contributed by atoms with E-state index in [2.05, 4.69) is 84.9 Å². The zero-order valence-electron chi connectivity index (χ0n) is 13.9. The van der Waals surface area contributed by atoms with Gasteiger partial charge in [0.15, 0.2) is 0 Å². The quantitative estimate of drug-likeness (QED) is 0.295. The van der Waals surface area contributed by atoms with E-state index in [0.717, 1.165) is 5.02 Å². The van der Waals surface area contributed by atoms with Crippen LogP contribution in [-0.4, -0.2) is 0 Å². The van der Waals surface area contributed by atoms with Crippen LogP contribution in [0, 0.1) is 0 Å². The first kappa shape index (κ1) is 15.6. The fraction of sp³-hybridized carbons (Fsp3) is 0. The highest BCUT2D eigenvalue weighted by Crippen LogP contribution is 2.41. The average molecular weight is 371 g/mol. The first-order valence-corrected chi connectivity index (χ1v) is 9.76.